The summed E-state index contributed by atoms with van der Waals surface area (Å²) in [5, 5.41) is 9.01. The van der Waals surface area contributed by atoms with Gasteiger partial charge in [0, 0.05) is 33.3 Å². The average molecular weight is 259 g/mol. The van der Waals surface area contributed by atoms with Crippen molar-refractivity contribution in [3.05, 3.63) is 23.0 Å². The largest absolute Gasteiger partial charge is 0.481 e. The molecule has 0 unspecified atom stereocenters. The van der Waals surface area contributed by atoms with E-state index < -0.39 is 5.97 Å². The molecule has 5 nitrogen and oxygen atoms in total. The third-order valence-electron chi connectivity index (χ3n) is 2.42. The van der Waals surface area contributed by atoms with E-state index in [0.29, 0.717) is 23.7 Å². The lowest BCUT2D eigenvalue weighted by Crippen LogP contribution is -2.29. The van der Waals surface area contributed by atoms with Gasteiger partial charge in [-0.15, -0.1) is 0 Å². The number of carboxylic acid groups (broad SMARTS) is 1. The minimum atomic E-state index is -0.854. The Morgan fingerprint density at radius 3 is 2.65 bits per heavy atom. The van der Waals surface area contributed by atoms with Gasteiger partial charge in [0.15, 0.2) is 0 Å². The Bertz CT molecular complexity index is 428. The number of aryl methyl sites for hydroxylation is 1. The van der Waals surface area contributed by atoms with Crippen molar-refractivity contribution in [2.45, 2.75) is 12.8 Å². The van der Waals surface area contributed by atoms with Crippen LogP contribution >= 0.6 is 11.6 Å². The number of rotatable bonds is 5. The molecule has 94 valence electrons. The Morgan fingerprint density at radius 1 is 1.53 bits per heavy atom. The summed E-state index contributed by atoms with van der Waals surface area (Å²) in [6.45, 7) is 0.411. The van der Waals surface area contributed by atoms with E-state index in [1.54, 1.807) is 30.9 Å². The lowest BCUT2D eigenvalue weighted by atomic mass is 10.3. The van der Waals surface area contributed by atoms with Gasteiger partial charge in [-0.2, -0.15) is 0 Å². The summed E-state index contributed by atoms with van der Waals surface area (Å²) < 4.78 is 1.65. The molecule has 0 fully saturated rings. The van der Waals surface area contributed by atoms with Crippen molar-refractivity contribution in [2.75, 3.05) is 13.6 Å². The number of carboxylic acids is 1. The molecule has 1 aromatic rings. The quantitative estimate of drug-likeness (QED) is 0.873. The van der Waals surface area contributed by atoms with Gasteiger partial charge in [0.05, 0.1) is 5.02 Å². The predicted molar refractivity (Wildman–Crippen MR) is 64.3 cm³/mol. The molecule has 0 aliphatic carbocycles. The van der Waals surface area contributed by atoms with E-state index >= 15 is 0 Å². The molecule has 6 heteroatoms. The highest BCUT2D eigenvalue weighted by Crippen LogP contribution is 2.14. The van der Waals surface area contributed by atoms with E-state index in [1.165, 1.54) is 4.90 Å². The molecule has 0 aromatic carbocycles. The van der Waals surface area contributed by atoms with Gasteiger partial charge in [0.25, 0.3) is 5.91 Å². The predicted octanol–water partition coefficient (Wildman–Crippen LogP) is 1.62. The Kier molecular flexibility index (Phi) is 4.57. The first-order chi connectivity index (χ1) is 7.91. The van der Waals surface area contributed by atoms with Gasteiger partial charge in [0.1, 0.15) is 5.69 Å². The van der Waals surface area contributed by atoms with E-state index in [-0.39, 0.29) is 12.3 Å². The van der Waals surface area contributed by atoms with Crippen molar-refractivity contribution in [3.8, 4) is 0 Å². The number of carbonyl (C=O) groups excluding carboxylic acids is 1. The highest BCUT2D eigenvalue weighted by Gasteiger charge is 2.15. The summed E-state index contributed by atoms with van der Waals surface area (Å²) in [5.74, 6) is -1.02. The molecule has 1 amide bonds. The minimum absolute atomic E-state index is 0.0610. The average Bonchev–Trinajstić information content (AvgIpc) is 2.56. The first-order valence-corrected chi connectivity index (χ1v) is 5.58. The standard InChI is InChI=1S/C11H15ClN2O3/c1-13(5-3-4-10(15)16)11(17)9-6-8(12)7-14(9)2/h6-7H,3-5H2,1-2H3,(H,15,16). The minimum Gasteiger partial charge on any atom is -0.481 e. The van der Waals surface area contributed by atoms with Crippen molar-refractivity contribution in [1.82, 2.24) is 9.47 Å². The zero-order valence-corrected chi connectivity index (χ0v) is 10.6. The van der Waals surface area contributed by atoms with E-state index in [2.05, 4.69) is 0 Å². The Morgan fingerprint density at radius 2 is 2.18 bits per heavy atom. The second kappa shape index (κ2) is 5.72. The van der Waals surface area contributed by atoms with E-state index in [0.717, 1.165) is 0 Å². The number of carbonyl (C=O) groups is 2. The summed E-state index contributed by atoms with van der Waals surface area (Å²) >= 11 is 5.79. The van der Waals surface area contributed by atoms with E-state index in [1.807, 2.05) is 0 Å². The number of aromatic nitrogens is 1. The monoisotopic (exact) mass is 258 g/mol. The van der Waals surface area contributed by atoms with Crippen LogP contribution in [0.5, 0.6) is 0 Å². The van der Waals surface area contributed by atoms with Crippen molar-refractivity contribution in [3.63, 3.8) is 0 Å². The molecule has 0 saturated carbocycles. The topological polar surface area (TPSA) is 62.5 Å². The molecule has 0 aliphatic rings. The molecule has 1 heterocycles. The maximum absolute atomic E-state index is 12.0. The summed E-state index contributed by atoms with van der Waals surface area (Å²) in [6.07, 6.45) is 2.15. The van der Waals surface area contributed by atoms with Crippen LogP contribution in [0.4, 0.5) is 0 Å². The second-order valence-electron chi connectivity index (χ2n) is 3.88. The van der Waals surface area contributed by atoms with Gasteiger partial charge in [-0.1, -0.05) is 11.6 Å². The number of nitrogens with zero attached hydrogens (tertiary/aromatic N) is 2. The van der Waals surface area contributed by atoms with Gasteiger partial charge in [0.2, 0.25) is 0 Å². The SMILES string of the molecule is CN(CCCC(=O)O)C(=O)c1cc(Cl)cn1C. The lowest BCUT2D eigenvalue weighted by Gasteiger charge is -2.16. The van der Waals surface area contributed by atoms with Gasteiger partial charge in [-0.3, -0.25) is 9.59 Å². The second-order valence-corrected chi connectivity index (χ2v) is 4.31. The highest BCUT2D eigenvalue weighted by atomic mass is 35.5. The van der Waals surface area contributed by atoms with E-state index in [9.17, 15) is 9.59 Å². The fourth-order valence-electron chi connectivity index (χ4n) is 1.50. The first kappa shape index (κ1) is 13.6. The maximum Gasteiger partial charge on any atom is 0.303 e. The smallest absolute Gasteiger partial charge is 0.303 e. The number of aliphatic carboxylic acids is 1. The molecule has 17 heavy (non-hydrogen) atoms. The zero-order valence-electron chi connectivity index (χ0n) is 9.81. The van der Waals surface area contributed by atoms with Crippen LogP contribution in [0.25, 0.3) is 0 Å². The van der Waals surface area contributed by atoms with Crippen molar-refractivity contribution >= 4 is 23.5 Å². The van der Waals surface area contributed by atoms with Crippen LogP contribution in [0.15, 0.2) is 12.3 Å². The normalized spacial score (nSPS) is 10.3. The van der Waals surface area contributed by atoms with Crippen LogP contribution in [-0.2, 0) is 11.8 Å². The molecule has 0 aliphatic heterocycles. The van der Waals surface area contributed by atoms with Crippen LogP contribution < -0.4 is 0 Å². The molecule has 0 bridgehead atoms. The summed E-state index contributed by atoms with van der Waals surface area (Å²) in [7, 11) is 3.38. The van der Waals surface area contributed by atoms with Crippen molar-refractivity contribution in [2.24, 2.45) is 7.05 Å². The maximum atomic E-state index is 12.0. The fraction of sp³-hybridized carbons (Fsp3) is 0.455. The number of halogens is 1. The molecule has 0 atom stereocenters. The van der Waals surface area contributed by atoms with E-state index in [4.69, 9.17) is 16.7 Å². The fourth-order valence-corrected chi connectivity index (χ4v) is 1.75. The Labute approximate surface area is 105 Å². The third-order valence-corrected chi connectivity index (χ3v) is 2.63. The Balaban J connectivity index is 2.57. The Hall–Kier alpha value is -1.49. The van der Waals surface area contributed by atoms with Gasteiger partial charge >= 0.3 is 5.97 Å². The summed E-state index contributed by atoms with van der Waals surface area (Å²) in [5.41, 5.74) is 0.493. The lowest BCUT2D eigenvalue weighted by molar-refractivity contribution is -0.137. The molecule has 1 aromatic heterocycles. The molecule has 0 spiro atoms. The van der Waals surface area contributed by atoms with Crippen LogP contribution in [0.1, 0.15) is 23.3 Å². The van der Waals surface area contributed by atoms with Crippen molar-refractivity contribution in [1.29, 1.82) is 0 Å². The van der Waals surface area contributed by atoms with Crippen LogP contribution in [-0.4, -0.2) is 40.0 Å². The van der Waals surface area contributed by atoms with Crippen LogP contribution in [0, 0.1) is 0 Å². The number of hydrogen-bond donors (Lipinski definition) is 1. The molecular weight excluding hydrogens is 244 g/mol. The van der Waals surface area contributed by atoms with Crippen LogP contribution in [0.3, 0.4) is 0 Å². The van der Waals surface area contributed by atoms with Gasteiger partial charge < -0.3 is 14.6 Å². The summed E-state index contributed by atoms with van der Waals surface area (Å²) in [4.78, 5) is 23.8. The summed E-state index contributed by atoms with van der Waals surface area (Å²) in [6, 6.07) is 1.59. The molecule has 1 N–H and O–H groups in total. The molecule has 1 rings (SSSR count). The highest BCUT2D eigenvalue weighted by molar-refractivity contribution is 6.31. The first-order valence-electron chi connectivity index (χ1n) is 5.21. The molecule has 0 saturated heterocycles. The molecular formula is C11H15ClN2O3. The van der Waals surface area contributed by atoms with Crippen molar-refractivity contribution < 1.29 is 14.7 Å². The van der Waals surface area contributed by atoms with Crippen LogP contribution in [0.2, 0.25) is 5.02 Å². The number of amides is 1. The zero-order chi connectivity index (χ0) is 13.0. The molecule has 0 radical (unpaired) electrons. The third kappa shape index (κ3) is 3.78. The number of hydrogen-bond acceptors (Lipinski definition) is 2. The van der Waals surface area contributed by atoms with Gasteiger partial charge in [-0.25, -0.2) is 0 Å². The van der Waals surface area contributed by atoms with Gasteiger partial charge in [-0.05, 0) is 12.5 Å².